The fourth-order valence-corrected chi connectivity index (χ4v) is 1.39. The van der Waals surface area contributed by atoms with Gasteiger partial charge in [0.05, 0.1) is 6.42 Å². The zero-order valence-electron chi connectivity index (χ0n) is 9.83. The molecule has 0 heterocycles. The summed E-state index contributed by atoms with van der Waals surface area (Å²) >= 11 is 0. The van der Waals surface area contributed by atoms with Crippen molar-refractivity contribution in [3.05, 3.63) is 0 Å². The SMILES string of the molecule is CCCCCCCC(=O)C(=O)CCC(=O)O. The number of aliphatic carboxylic acids is 1. The first-order chi connectivity index (χ1) is 7.57. The Hall–Kier alpha value is -1.19. The van der Waals surface area contributed by atoms with Gasteiger partial charge < -0.3 is 5.11 Å². The number of unbranched alkanes of at least 4 members (excludes halogenated alkanes) is 4. The largest absolute Gasteiger partial charge is 0.481 e. The van der Waals surface area contributed by atoms with Crippen molar-refractivity contribution < 1.29 is 19.5 Å². The third-order valence-corrected chi connectivity index (χ3v) is 2.38. The normalized spacial score (nSPS) is 10.1. The number of carbonyl (C=O) groups is 3. The maximum atomic E-state index is 11.2. The van der Waals surface area contributed by atoms with E-state index in [1.165, 1.54) is 0 Å². The van der Waals surface area contributed by atoms with Gasteiger partial charge in [0.25, 0.3) is 0 Å². The van der Waals surface area contributed by atoms with E-state index in [0.717, 1.165) is 32.1 Å². The lowest BCUT2D eigenvalue weighted by atomic mass is 10.0. The molecule has 0 amide bonds. The van der Waals surface area contributed by atoms with E-state index in [-0.39, 0.29) is 19.3 Å². The molecule has 0 saturated carbocycles. The van der Waals surface area contributed by atoms with Gasteiger partial charge in [-0.05, 0) is 6.42 Å². The summed E-state index contributed by atoms with van der Waals surface area (Å²) in [6, 6.07) is 0. The molecule has 0 spiro atoms. The van der Waals surface area contributed by atoms with Gasteiger partial charge in [-0.2, -0.15) is 0 Å². The molecule has 0 unspecified atom stereocenters. The summed E-state index contributed by atoms with van der Waals surface area (Å²) in [5.41, 5.74) is 0. The van der Waals surface area contributed by atoms with Crippen molar-refractivity contribution in [3.63, 3.8) is 0 Å². The summed E-state index contributed by atoms with van der Waals surface area (Å²) in [4.78, 5) is 32.6. The minimum absolute atomic E-state index is 0.164. The van der Waals surface area contributed by atoms with Crippen molar-refractivity contribution in [1.82, 2.24) is 0 Å². The molecular formula is C12H20O4. The first kappa shape index (κ1) is 14.8. The van der Waals surface area contributed by atoms with Crippen molar-refractivity contribution in [2.45, 2.75) is 58.3 Å². The van der Waals surface area contributed by atoms with Crippen LogP contribution in [0.1, 0.15) is 58.3 Å². The van der Waals surface area contributed by atoms with Gasteiger partial charge in [0.1, 0.15) is 0 Å². The summed E-state index contributed by atoms with van der Waals surface area (Å²) in [6.45, 7) is 2.11. The Labute approximate surface area is 96.0 Å². The van der Waals surface area contributed by atoms with Crippen LogP contribution in [0.5, 0.6) is 0 Å². The highest BCUT2D eigenvalue weighted by atomic mass is 16.4. The average Bonchev–Trinajstić information content (AvgIpc) is 2.25. The Morgan fingerprint density at radius 2 is 1.38 bits per heavy atom. The molecule has 0 fully saturated rings. The van der Waals surface area contributed by atoms with Gasteiger partial charge in [-0.1, -0.05) is 32.6 Å². The topological polar surface area (TPSA) is 71.4 Å². The molecule has 0 rings (SSSR count). The number of carboxylic acids is 1. The number of rotatable bonds is 10. The highest BCUT2D eigenvalue weighted by Crippen LogP contribution is 2.06. The lowest BCUT2D eigenvalue weighted by molar-refractivity contribution is -0.140. The quantitative estimate of drug-likeness (QED) is 0.460. The van der Waals surface area contributed by atoms with E-state index >= 15 is 0 Å². The molecule has 0 atom stereocenters. The molecule has 16 heavy (non-hydrogen) atoms. The molecule has 4 heteroatoms. The van der Waals surface area contributed by atoms with Crippen LogP contribution in [0.25, 0.3) is 0 Å². The fourth-order valence-electron chi connectivity index (χ4n) is 1.39. The second-order valence-corrected chi connectivity index (χ2v) is 3.90. The van der Waals surface area contributed by atoms with E-state index in [1.54, 1.807) is 0 Å². The zero-order valence-corrected chi connectivity index (χ0v) is 9.83. The van der Waals surface area contributed by atoms with Crippen LogP contribution in [0, 0.1) is 0 Å². The minimum atomic E-state index is -1.04. The Bertz CT molecular complexity index is 245. The highest BCUT2D eigenvalue weighted by Gasteiger charge is 2.14. The number of hydrogen-bond donors (Lipinski definition) is 1. The van der Waals surface area contributed by atoms with Crippen molar-refractivity contribution in [2.24, 2.45) is 0 Å². The molecule has 1 N–H and O–H groups in total. The van der Waals surface area contributed by atoms with Crippen LogP contribution >= 0.6 is 0 Å². The molecule has 0 aliphatic carbocycles. The predicted octanol–water partition coefficient (Wildman–Crippen LogP) is 2.35. The van der Waals surface area contributed by atoms with E-state index in [0.29, 0.717) is 0 Å². The van der Waals surface area contributed by atoms with Crippen LogP contribution in [0.4, 0.5) is 0 Å². The molecule has 0 radical (unpaired) electrons. The van der Waals surface area contributed by atoms with Crippen LogP contribution in [-0.4, -0.2) is 22.6 Å². The second-order valence-electron chi connectivity index (χ2n) is 3.90. The third kappa shape index (κ3) is 8.15. The van der Waals surface area contributed by atoms with E-state index < -0.39 is 17.5 Å². The molecule has 0 aliphatic heterocycles. The monoisotopic (exact) mass is 228 g/mol. The van der Waals surface area contributed by atoms with Gasteiger partial charge in [-0.3, -0.25) is 14.4 Å². The summed E-state index contributed by atoms with van der Waals surface area (Å²) < 4.78 is 0. The maximum Gasteiger partial charge on any atom is 0.303 e. The molecule has 0 saturated heterocycles. The first-order valence-corrected chi connectivity index (χ1v) is 5.85. The molecule has 0 aliphatic rings. The summed E-state index contributed by atoms with van der Waals surface area (Å²) in [6.07, 6.45) is 4.94. The van der Waals surface area contributed by atoms with Crippen LogP contribution < -0.4 is 0 Å². The van der Waals surface area contributed by atoms with Gasteiger partial charge >= 0.3 is 5.97 Å². The second kappa shape index (κ2) is 9.07. The van der Waals surface area contributed by atoms with Gasteiger partial charge in [0.2, 0.25) is 0 Å². The van der Waals surface area contributed by atoms with Crippen molar-refractivity contribution in [1.29, 1.82) is 0 Å². The molecule has 0 aromatic carbocycles. The van der Waals surface area contributed by atoms with Crippen LogP contribution in [0.3, 0.4) is 0 Å². The van der Waals surface area contributed by atoms with Gasteiger partial charge in [-0.15, -0.1) is 0 Å². The average molecular weight is 228 g/mol. The number of Topliss-reactive ketones (excluding diaryl/α,β-unsaturated/α-hetero) is 2. The van der Waals surface area contributed by atoms with Crippen molar-refractivity contribution in [3.8, 4) is 0 Å². The third-order valence-electron chi connectivity index (χ3n) is 2.38. The summed E-state index contributed by atoms with van der Waals surface area (Å²) in [5.74, 6) is -2.00. The first-order valence-electron chi connectivity index (χ1n) is 5.85. The van der Waals surface area contributed by atoms with Crippen LogP contribution in [-0.2, 0) is 14.4 Å². The predicted molar refractivity (Wildman–Crippen MR) is 60.3 cm³/mol. The lowest BCUT2D eigenvalue weighted by Crippen LogP contribution is -2.14. The van der Waals surface area contributed by atoms with Crippen molar-refractivity contribution >= 4 is 17.5 Å². The molecule has 92 valence electrons. The molecule has 4 nitrogen and oxygen atoms in total. The molecule has 0 aromatic heterocycles. The molecular weight excluding hydrogens is 208 g/mol. The summed E-state index contributed by atoms with van der Waals surface area (Å²) in [7, 11) is 0. The van der Waals surface area contributed by atoms with E-state index in [4.69, 9.17) is 5.11 Å². The standard InChI is InChI=1S/C12H20O4/c1-2-3-4-5-6-7-10(13)11(14)8-9-12(15)16/h2-9H2,1H3,(H,15,16). The lowest BCUT2D eigenvalue weighted by Gasteiger charge is -1.99. The van der Waals surface area contributed by atoms with E-state index in [1.807, 2.05) is 0 Å². The number of carbonyl (C=O) groups excluding carboxylic acids is 2. The van der Waals surface area contributed by atoms with Gasteiger partial charge in [0, 0.05) is 12.8 Å². The molecule has 0 aromatic rings. The minimum Gasteiger partial charge on any atom is -0.481 e. The Kier molecular flexibility index (Phi) is 8.39. The Morgan fingerprint density at radius 3 is 1.94 bits per heavy atom. The highest BCUT2D eigenvalue weighted by molar-refractivity contribution is 6.37. The van der Waals surface area contributed by atoms with Crippen LogP contribution in [0.15, 0.2) is 0 Å². The van der Waals surface area contributed by atoms with Crippen molar-refractivity contribution in [2.75, 3.05) is 0 Å². The van der Waals surface area contributed by atoms with Gasteiger partial charge in [-0.25, -0.2) is 0 Å². The summed E-state index contributed by atoms with van der Waals surface area (Å²) in [5, 5.41) is 8.35. The zero-order chi connectivity index (χ0) is 12.4. The fraction of sp³-hybridized carbons (Fsp3) is 0.750. The maximum absolute atomic E-state index is 11.2. The Morgan fingerprint density at radius 1 is 0.812 bits per heavy atom. The number of carboxylic acid groups (broad SMARTS) is 1. The van der Waals surface area contributed by atoms with E-state index in [9.17, 15) is 14.4 Å². The smallest absolute Gasteiger partial charge is 0.303 e. The number of hydrogen-bond acceptors (Lipinski definition) is 3. The van der Waals surface area contributed by atoms with E-state index in [2.05, 4.69) is 6.92 Å². The van der Waals surface area contributed by atoms with Gasteiger partial charge in [0.15, 0.2) is 11.6 Å². The Balaban J connectivity index is 3.55. The molecule has 0 bridgehead atoms. The number of ketones is 2. The van der Waals surface area contributed by atoms with Crippen LogP contribution in [0.2, 0.25) is 0 Å².